The average Bonchev–Trinajstić information content (AvgIpc) is 2.57. The standard InChI is InChI=1S/3C7H7F/c3*1-6-2-4-7(8)5-3-6/h3*2-5H,1H3. The molecule has 0 nitrogen and oxygen atoms in total. The van der Waals surface area contributed by atoms with Gasteiger partial charge in [0, 0.05) is 0 Å². The third kappa shape index (κ3) is 8.79. The summed E-state index contributed by atoms with van der Waals surface area (Å²) >= 11 is 0. The van der Waals surface area contributed by atoms with Crippen molar-refractivity contribution in [2.24, 2.45) is 0 Å². The molecule has 0 saturated carbocycles. The molecule has 3 aromatic rings. The summed E-state index contributed by atoms with van der Waals surface area (Å²) in [5.74, 6) is -0.512. The largest absolute Gasteiger partial charge is 0.207 e. The van der Waals surface area contributed by atoms with E-state index in [1.165, 1.54) is 36.4 Å². The fourth-order valence-electron chi connectivity index (χ4n) is 1.60. The van der Waals surface area contributed by atoms with E-state index in [2.05, 4.69) is 0 Å². The first-order valence-electron chi connectivity index (χ1n) is 7.53. The highest BCUT2D eigenvalue weighted by Crippen LogP contribution is 2.00. The predicted molar refractivity (Wildman–Crippen MR) is 93.4 cm³/mol. The first kappa shape index (κ1) is 19.5. The molecule has 3 aromatic carbocycles. The molecule has 0 radical (unpaired) electrons. The quantitative estimate of drug-likeness (QED) is 0.447. The number of rotatable bonds is 0. The van der Waals surface area contributed by atoms with E-state index < -0.39 is 0 Å². The third-order valence-electron chi connectivity index (χ3n) is 3.03. The Hall–Kier alpha value is -2.55. The topological polar surface area (TPSA) is 0 Å². The van der Waals surface area contributed by atoms with Crippen molar-refractivity contribution < 1.29 is 13.2 Å². The van der Waals surface area contributed by atoms with Crippen molar-refractivity contribution in [1.29, 1.82) is 0 Å². The fraction of sp³-hybridized carbons (Fsp3) is 0.143. The molecule has 0 saturated heterocycles. The molecule has 0 bridgehead atoms. The minimum Gasteiger partial charge on any atom is -0.207 e. The maximum absolute atomic E-state index is 12.1. The van der Waals surface area contributed by atoms with E-state index >= 15 is 0 Å². The van der Waals surface area contributed by atoms with Gasteiger partial charge >= 0.3 is 0 Å². The van der Waals surface area contributed by atoms with E-state index in [4.69, 9.17) is 0 Å². The fourth-order valence-corrected chi connectivity index (χ4v) is 1.60. The Bertz CT molecular complexity index is 533. The highest BCUT2D eigenvalue weighted by Gasteiger charge is 1.85. The molecule has 126 valence electrons. The summed E-state index contributed by atoms with van der Waals surface area (Å²) in [6, 6.07) is 19.2. The number of halogens is 3. The van der Waals surface area contributed by atoms with Gasteiger partial charge in [0.25, 0.3) is 0 Å². The van der Waals surface area contributed by atoms with Crippen molar-refractivity contribution >= 4 is 0 Å². The van der Waals surface area contributed by atoms with Crippen LogP contribution in [0.3, 0.4) is 0 Å². The van der Waals surface area contributed by atoms with E-state index in [-0.39, 0.29) is 17.5 Å². The zero-order valence-electron chi connectivity index (χ0n) is 14.1. The van der Waals surface area contributed by atoms with Gasteiger partial charge < -0.3 is 0 Å². The minimum absolute atomic E-state index is 0.171. The van der Waals surface area contributed by atoms with Gasteiger partial charge in [-0.15, -0.1) is 0 Å². The Morgan fingerprint density at radius 3 is 0.667 bits per heavy atom. The first-order valence-corrected chi connectivity index (χ1v) is 7.53. The molecule has 0 atom stereocenters. The molecular weight excluding hydrogens is 309 g/mol. The van der Waals surface area contributed by atoms with Crippen LogP contribution < -0.4 is 0 Å². The SMILES string of the molecule is Cc1ccc(F)cc1.Cc1ccc(F)cc1.Cc1ccc(F)cc1. The molecule has 0 unspecified atom stereocenters. The van der Waals surface area contributed by atoms with Crippen LogP contribution in [0.5, 0.6) is 0 Å². The van der Waals surface area contributed by atoms with Crippen LogP contribution in [-0.4, -0.2) is 0 Å². The van der Waals surface area contributed by atoms with Crippen molar-refractivity contribution in [1.82, 2.24) is 0 Å². The van der Waals surface area contributed by atoms with Crippen molar-refractivity contribution in [3.63, 3.8) is 0 Å². The predicted octanol–water partition coefficient (Wildman–Crippen LogP) is 6.40. The normalized spacial score (nSPS) is 9.25. The minimum atomic E-state index is -0.171. The van der Waals surface area contributed by atoms with Gasteiger partial charge in [-0.25, -0.2) is 13.2 Å². The Balaban J connectivity index is 0.000000180. The van der Waals surface area contributed by atoms with Crippen LogP contribution in [-0.2, 0) is 0 Å². The van der Waals surface area contributed by atoms with Crippen molar-refractivity contribution in [3.05, 3.63) is 107 Å². The number of benzene rings is 3. The van der Waals surface area contributed by atoms with Crippen molar-refractivity contribution in [2.45, 2.75) is 20.8 Å². The molecular formula is C21H21F3. The van der Waals surface area contributed by atoms with Gasteiger partial charge in [-0.2, -0.15) is 0 Å². The molecule has 0 fully saturated rings. The van der Waals surface area contributed by atoms with Crippen LogP contribution >= 0.6 is 0 Å². The number of aryl methyl sites for hydroxylation is 3. The van der Waals surface area contributed by atoms with Crippen LogP contribution in [0.2, 0.25) is 0 Å². The molecule has 0 aromatic heterocycles. The lowest BCUT2D eigenvalue weighted by Crippen LogP contribution is -1.71. The molecule has 0 spiro atoms. The maximum atomic E-state index is 12.1. The van der Waals surface area contributed by atoms with Crippen LogP contribution in [0.4, 0.5) is 13.2 Å². The molecule has 0 N–H and O–H groups in total. The highest BCUT2D eigenvalue weighted by molar-refractivity contribution is 5.14. The first-order chi connectivity index (χ1) is 11.4. The van der Waals surface area contributed by atoms with Crippen molar-refractivity contribution in [3.8, 4) is 0 Å². The van der Waals surface area contributed by atoms with Gasteiger partial charge in [0.15, 0.2) is 0 Å². The van der Waals surface area contributed by atoms with Gasteiger partial charge in [-0.1, -0.05) is 53.1 Å². The molecule has 0 amide bonds. The summed E-state index contributed by atoms with van der Waals surface area (Å²) in [6.07, 6.45) is 0. The van der Waals surface area contributed by atoms with Gasteiger partial charge in [-0.3, -0.25) is 0 Å². The second-order valence-electron chi connectivity index (χ2n) is 5.39. The van der Waals surface area contributed by atoms with Crippen LogP contribution in [0, 0.1) is 38.2 Å². The Morgan fingerprint density at radius 1 is 0.375 bits per heavy atom. The van der Waals surface area contributed by atoms with E-state index in [1.807, 2.05) is 20.8 Å². The molecule has 0 heterocycles. The zero-order chi connectivity index (χ0) is 17.9. The third-order valence-corrected chi connectivity index (χ3v) is 3.03. The van der Waals surface area contributed by atoms with Gasteiger partial charge in [0.2, 0.25) is 0 Å². The van der Waals surface area contributed by atoms with E-state index in [9.17, 15) is 13.2 Å². The molecule has 0 aliphatic carbocycles. The zero-order valence-corrected chi connectivity index (χ0v) is 14.1. The second-order valence-corrected chi connectivity index (χ2v) is 5.39. The van der Waals surface area contributed by atoms with Crippen molar-refractivity contribution in [2.75, 3.05) is 0 Å². The lowest BCUT2D eigenvalue weighted by atomic mass is 10.2. The lowest BCUT2D eigenvalue weighted by Gasteiger charge is -1.87. The van der Waals surface area contributed by atoms with Gasteiger partial charge in [0.1, 0.15) is 17.5 Å². The van der Waals surface area contributed by atoms with Crippen LogP contribution in [0.25, 0.3) is 0 Å². The monoisotopic (exact) mass is 330 g/mol. The molecule has 3 rings (SSSR count). The number of hydrogen-bond acceptors (Lipinski definition) is 0. The maximum Gasteiger partial charge on any atom is 0.123 e. The summed E-state index contributed by atoms with van der Waals surface area (Å²) in [4.78, 5) is 0. The summed E-state index contributed by atoms with van der Waals surface area (Å²) in [7, 11) is 0. The Kier molecular flexibility index (Phi) is 8.34. The molecule has 0 aliphatic heterocycles. The molecule has 0 aliphatic rings. The summed E-state index contributed by atoms with van der Waals surface area (Å²) in [6.45, 7) is 5.79. The summed E-state index contributed by atoms with van der Waals surface area (Å²) in [5, 5.41) is 0. The van der Waals surface area contributed by atoms with Gasteiger partial charge in [-0.05, 0) is 57.2 Å². The van der Waals surface area contributed by atoms with E-state index in [0.717, 1.165) is 16.7 Å². The second kappa shape index (κ2) is 10.3. The van der Waals surface area contributed by atoms with E-state index in [1.54, 1.807) is 36.4 Å². The number of hydrogen-bond donors (Lipinski definition) is 0. The van der Waals surface area contributed by atoms with Crippen LogP contribution in [0.15, 0.2) is 72.8 Å². The lowest BCUT2D eigenvalue weighted by molar-refractivity contribution is 0.627. The smallest absolute Gasteiger partial charge is 0.123 e. The van der Waals surface area contributed by atoms with E-state index in [0.29, 0.717) is 0 Å². The summed E-state index contributed by atoms with van der Waals surface area (Å²) in [5.41, 5.74) is 3.27. The van der Waals surface area contributed by atoms with Crippen LogP contribution in [0.1, 0.15) is 16.7 Å². The summed E-state index contributed by atoms with van der Waals surface area (Å²) < 4.78 is 36.3. The average molecular weight is 330 g/mol. The van der Waals surface area contributed by atoms with Gasteiger partial charge in [0.05, 0.1) is 0 Å². The Morgan fingerprint density at radius 2 is 0.542 bits per heavy atom. The molecule has 3 heteroatoms. The molecule has 24 heavy (non-hydrogen) atoms. The Labute approximate surface area is 141 Å². The highest BCUT2D eigenvalue weighted by atomic mass is 19.1.